The molecule has 0 aliphatic rings. The summed E-state index contributed by atoms with van der Waals surface area (Å²) in [7, 11) is 0. The first kappa shape index (κ1) is 18.8. The zero-order valence-electron chi connectivity index (χ0n) is 14.6. The van der Waals surface area contributed by atoms with E-state index in [1.807, 2.05) is 6.92 Å². The van der Waals surface area contributed by atoms with Crippen LogP contribution in [0.15, 0.2) is 47.3 Å². The van der Waals surface area contributed by atoms with Crippen molar-refractivity contribution in [3.63, 3.8) is 0 Å². The second kappa shape index (κ2) is 8.18. The van der Waals surface area contributed by atoms with Gasteiger partial charge in [-0.15, -0.1) is 0 Å². The maximum Gasteiger partial charge on any atom is 0.322 e. The number of amides is 2. The predicted molar refractivity (Wildman–Crippen MR) is 103 cm³/mol. The van der Waals surface area contributed by atoms with Crippen molar-refractivity contribution >= 4 is 34.2 Å². The standard InChI is InChI=1S/C19H18ClFN4O2/c1-2-9-25(19(27)23-15-6-4-3-5-14(15)21)11-17-22-16-10-12(20)7-8-13(16)18(26)24-17/h3-8,10H,2,9,11H2,1H3,(H,23,27)(H,22,24,26). The number of fused-ring (bicyclic) bond motifs is 1. The first-order valence-corrected chi connectivity index (χ1v) is 8.84. The number of nitrogens with one attached hydrogen (secondary N) is 2. The fourth-order valence-electron chi connectivity index (χ4n) is 2.70. The number of aromatic amines is 1. The van der Waals surface area contributed by atoms with E-state index in [9.17, 15) is 14.0 Å². The van der Waals surface area contributed by atoms with Gasteiger partial charge < -0.3 is 15.2 Å². The van der Waals surface area contributed by atoms with Gasteiger partial charge in [0.1, 0.15) is 11.6 Å². The number of para-hydroxylation sites is 1. The van der Waals surface area contributed by atoms with Crippen LogP contribution in [0.2, 0.25) is 5.02 Å². The van der Waals surface area contributed by atoms with Gasteiger partial charge in [-0.1, -0.05) is 30.7 Å². The van der Waals surface area contributed by atoms with E-state index in [-0.39, 0.29) is 17.8 Å². The van der Waals surface area contributed by atoms with Crippen LogP contribution in [0.1, 0.15) is 19.2 Å². The lowest BCUT2D eigenvalue weighted by Crippen LogP contribution is -2.36. The van der Waals surface area contributed by atoms with Crippen LogP contribution in [-0.2, 0) is 6.54 Å². The molecule has 6 nitrogen and oxygen atoms in total. The van der Waals surface area contributed by atoms with E-state index >= 15 is 0 Å². The van der Waals surface area contributed by atoms with Crippen LogP contribution in [0.3, 0.4) is 0 Å². The van der Waals surface area contributed by atoms with Gasteiger partial charge in [0.05, 0.1) is 23.1 Å². The van der Waals surface area contributed by atoms with E-state index < -0.39 is 11.8 Å². The maximum absolute atomic E-state index is 13.8. The molecule has 0 saturated carbocycles. The number of aromatic nitrogens is 2. The summed E-state index contributed by atoms with van der Waals surface area (Å²) < 4.78 is 13.8. The van der Waals surface area contributed by atoms with Gasteiger partial charge in [-0.25, -0.2) is 14.2 Å². The molecule has 140 valence electrons. The lowest BCUT2D eigenvalue weighted by atomic mass is 10.2. The molecule has 0 aliphatic heterocycles. The average molecular weight is 389 g/mol. The van der Waals surface area contributed by atoms with Gasteiger partial charge in [-0.05, 0) is 36.8 Å². The smallest absolute Gasteiger partial charge is 0.317 e. The molecule has 3 aromatic rings. The Bertz CT molecular complexity index is 1040. The molecule has 0 radical (unpaired) electrons. The van der Waals surface area contributed by atoms with Crippen molar-refractivity contribution in [1.29, 1.82) is 0 Å². The van der Waals surface area contributed by atoms with Crippen molar-refractivity contribution in [2.24, 2.45) is 0 Å². The summed E-state index contributed by atoms with van der Waals surface area (Å²) in [5.41, 5.74) is 0.236. The third kappa shape index (κ3) is 4.43. The molecule has 0 atom stereocenters. The van der Waals surface area contributed by atoms with Crippen LogP contribution >= 0.6 is 11.6 Å². The van der Waals surface area contributed by atoms with E-state index in [0.29, 0.717) is 34.7 Å². The van der Waals surface area contributed by atoms with E-state index in [1.165, 1.54) is 17.0 Å². The predicted octanol–water partition coefficient (Wildman–Crippen LogP) is 4.16. The van der Waals surface area contributed by atoms with Gasteiger partial charge in [-0.3, -0.25) is 4.79 Å². The van der Waals surface area contributed by atoms with Crippen LogP contribution in [-0.4, -0.2) is 27.4 Å². The highest BCUT2D eigenvalue weighted by atomic mass is 35.5. The van der Waals surface area contributed by atoms with Crippen molar-refractivity contribution < 1.29 is 9.18 Å². The van der Waals surface area contributed by atoms with Gasteiger partial charge in [0, 0.05) is 11.6 Å². The second-order valence-corrected chi connectivity index (χ2v) is 6.44. The van der Waals surface area contributed by atoms with Gasteiger partial charge in [0.2, 0.25) is 0 Å². The number of hydrogen-bond donors (Lipinski definition) is 2. The van der Waals surface area contributed by atoms with E-state index in [4.69, 9.17) is 11.6 Å². The van der Waals surface area contributed by atoms with Crippen molar-refractivity contribution in [3.05, 3.63) is 69.5 Å². The Morgan fingerprint density at radius 3 is 2.81 bits per heavy atom. The molecule has 0 bridgehead atoms. The highest BCUT2D eigenvalue weighted by Crippen LogP contribution is 2.16. The van der Waals surface area contributed by atoms with Crippen molar-refractivity contribution in [1.82, 2.24) is 14.9 Å². The molecule has 1 aromatic heterocycles. The zero-order chi connectivity index (χ0) is 19.4. The number of benzene rings is 2. The molecule has 2 amide bonds. The van der Waals surface area contributed by atoms with Crippen LogP contribution < -0.4 is 10.9 Å². The fourth-order valence-corrected chi connectivity index (χ4v) is 2.86. The molecule has 2 N–H and O–H groups in total. The van der Waals surface area contributed by atoms with Crippen molar-refractivity contribution in [2.45, 2.75) is 19.9 Å². The zero-order valence-corrected chi connectivity index (χ0v) is 15.4. The third-order valence-corrected chi connectivity index (χ3v) is 4.19. The Balaban J connectivity index is 1.85. The minimum Gasteiger partial charge on any atom is -0.317 e. The summed E-state index contributed by atoms with van der Waals surface area (Å²) in [5.74, 6) is -0.193. The first-order chi connectivity index (χ1) is 13.0. The van der Waals surface area contributed by atoms with Crippen LogP contribution in [0, 0.1) is 5.82 Å². The summed E-state index contributed by atoms with van der Waals surface area (Å²) in [6.07, 6.45) is 0.689. The fraction of sp³-hybridized carbons (Fsp3) is 0.211. The average Bonchev–Trinajstić information content (AvgIpc) is 2.63. The Labute approximate surface area is 160 Å². The van der Waals surface area contributed by atoms with Crippen molar-refractivity contribution in [3.8, 4) is 0 Å². The van der Waals surface area contributed by atoms with Gasteiger partial charge in [0.15, 0.2) is 0 Å². The second-order valence-electron chi connectivity index (χ2n) is 6.01. The molecule has 1 heterocycles. The molecule has 0 spiro atoms. The van der Waals surface area contributed by atoms with Gasteiger partial charge >= 0.3 is 6.03 Å². The highest BCUT2D eigenvalue weighted by Gasteiger charge is 2.17. The number of nitrogens with zero attached hydrogens (tertiary/aromatic N) is 2. The van der Waals surface area contributed by atoms with Crippen LogP contribution in [0.25, 0.3) is 10.9 Å². The largest absolute Gasteiger partial charge is 0.322 e. The summed E-state index contributed by atoms with van der Waals surface area (Å²) in [6.45, 7) is 2.41. The number of hydrogen-bond acceptors (Lipinski definition) is 3. The van der Waals surface area contributed by atoms with E-state index in [0.717, 1.165) is 0 Å². The van der Waals surface area contributed by atoms with E-state index in [1.54, 1.807) is 30.3 Å². The molecule has 3 rings (SSSR count). The van der Waals surface area contributed by atoms with Crippen LogP contribution in [0.4, 0.5) is 14.9 Å². The molecule has 0 aliphatic carbocycles. The summed E-state index contributed by atoms with van der Waals surface area (Å²) in [5, 5.41) is 3.43. The number of anilines is 1. The Hall–Kier alpha value is -2.93. The molecular formula is C19H18ClFN4O2. The van der Waals surface area contributed by atoms with Crippen LogP contribution in [0.5, 0.6) is 0 Å². The molecular weight excluding hydrogens is 371 g/mol. The molecule has 8 heteroatoms. The highest BCUT2D eigenvalue weighted by molar-refractivity contribution is 6.31. The number of H-pyrrole nitrogens is 1. The van der Waals surface area contributed by atoms with Gasteiger partial charge in [-0.2, -0.15) is 0 Å². The molecule has 0 saturated heterocycles. The molecule has 27 heavy (non-hydrogen) atoms. The summed E-state index contributed by atoms with van der Waals surface area (Å²) >= 11 is 5.97. The maximum atomic E-state index is 13.8. The first-order valence-electron chi connectivity index (χ1n) is 8.47. The van der Waals surface area contributed by atoms with Crippen molar-refractivity contribution in [2.75, 3.05) is 11.9 Å². The number of urea groups is 1. The third-order valence-electron chi connectivity index (χ3n) is 3.95. The SMILES string of the molecule is CCCN(Cc1nc2cc(Cl)ccc2c(=O)[nH]1)C(=O)Nc1ccccc1F. The monoisotopic (exact) mass is 388 g/mol. The lowest BCUT2D eigenvalue weighted by Gasteiger charge is -2.22. The molecule has 0 fully saturated rings. The number of rotatable bonds is 5. The minimum atomic E-state index is -0.519. The minimum absolute atomic E-state index is 0.0752. The molecule has 2 aromatic carbocycles. The molecule has 0 unspecified atom stereocenters. The number of carbonyl (C=O) groups excluding carboxylic acids is 1. The van der Waals surface area contributed by atoms with E-state index in [2.05, 4.69) is 15.3 Å². The Morgan fingerprint density at radius 1 is 1.30 bits per heavy atom. The number of halogens is 2. The quantitative estimate of drug-likeness (QED) is 0.688. The Morgan fingerprint density at radius 2 is 2.07 bits per heavy atom. The lowest BCUT2D eigenvalue weighted by molar-refractivity contribution is 0.207. The normalized spacial score (nSPS) is 10.8. The summed E-state index contributed by atoms with van der Waals surface area (Å²) in [6, 6.07) is 10.3. The van der Waals surface area contributed by atoms with Gasteiger partial charge in [0.25, 0.3) is 5.56 Å². The summed E-state index contributed by atoms with van der Waals surface area (Å²) in [4.78, 5) is 33.4. The topological polar surface area (TPSA) is 78.1 Å². The Kier molecular flexibility index (Phi) is 5.71. The number of carbonyl (C=O) groups is 1.